The quantitative estimate of drug-likeness (QED) is 0.657. The van der Waals surface area contributed by atoms with E-state index < -0.39 is 0 Å². The lowest BCUT2D eigenvalue weighted by Crippen LogP contribution is -2.27. The molecule has 0 spiro atoms. The van der Waals surface area contributed by atoms with Gasteiger partial charge < -0.3 is 18.9 Å². The first-order valence-corrected chi connectivity index (χ1v) is 9.49. The first kappa shape index (κ1) is 16.9. The van der Waals surface area contributed by atoms with Crippen LogP contribution in [0.3, 0.4) is 0 Å². The van der Waals surface area contributed by atoms with E-state index in [1.54, 1.807) is 6.08 Å². The second-order valence-electron chi connectivity index (χ2n) is 7.19. The lowest BCUT2D eigenvalue weighted by molar-refractivity contribution is -0.125. The van der Waals surface area contributed by atoms with Gasteiger partial charge in [-0.15, -0.1) is 0 Å². The molecule has 3 aromatic rings. The lowest BCUT2D eigenvalue weighted by atomic mass is 10.2. The molecule has 2 aliphatic rings. The van der Waals surface area contributed by atoms with Crippen molar-refractivity contribution >= 4 is 23.0 Å². The number of benzene rings is 2. The monoisotopic (exact) mass is 375 g/mol. The maximum absolute atomic E-state index is 12.7. The summed E-state index contributed by atoms with van der Waals surface area (Å²) < 4.78 is 13.0. The van der Waals surface area contributed by atoms with Crippen molar-refractivity contribution in [2.75, 3.05) is 19.9 Å². The summed E-state index contributed by atoms with van der Waals surface area (Å²) in [6.07, 6.45) is 4.40. The minimum atomic E-state index is 0.0299. The largest absolute Gasteiger partial charge is 0.454 e. The number of hydrogen-bond donors (Lipinski definition) is 0. The van der Waals surface area contributed by atoms with E-state index >= 15 is 0 Å². The molecular formula is C22H21N3O3. The van der Waals surface area contributed by atoms with Gasteiger partial charge in [0.05, 0.1) is 17.1 Å². The maximum Gasteiger partial charge on any atom is 0.246 e. The van der Waals surface area contributed by atoms with Gasteiger partial charge in [-0.3, -0.25) is 4.79 Å². The molecule has 6 heteroatoms. The number of likely N-dealkylation sites (tertiary alicyclic amines) is 1. The van der Waals surface area contributed by atoms with E-state index in [0.29, 0.717) is 6.54 Å². The fraction of sp³-hybridized carbons (Fsp3) is 0.273. The first-order valence-electron chi connectivity index (χ1n) is 9.49. The van der Waals surface area contributed by atoms with Gasteiger partial charge in [-0.25, -0.2) is 4.98 Å². The molecule has 0 bridgehead atoms. The Morgan fingerprint density at radius 3 is 2.96 bits per heavy atom. The standard InChI is InChI=1S/C22H21N3O3/c1-15-23-18-4-2-3-5-19(18)25(15)17-10-11-24(13-17)22(26)9-7-16-6-8-20-21(12-16)28-14-27-20/h2-9,12,17H,10-11,13-14H2,1H3/b9-7+. The van der Waals surface area contributed by atoms with E-state index in [2.05, 4.69) is 15.6 Å². The highest BCUT2D eigenvalue weighted by molar-refractivity contribution is 5.92. The third-order valence-corrected chi connectivity index (χ3v) is 5.43. The SMILES string of the molecule is Cc1nc2ccccc2n1C1CCN(C(=O)/C=C/c2ccc3c(c2)OCO3)C1. The molecular weight excluding hydrogens is 354 g/mol. The topological polar surface area (TPSA) is 56.6 Å². The normalized spacial score (nSPS) is 18.5. The molecule has 1 saturated heterocycles. The van der Waals surface area contributed by atoms with Crippen LogP contribution in [0.2, 0.25) is 0 Å². The molecule has 1 aromatic heterocycles. The van der Waals surface area contributed by atoms with Crippen molar-refractivity contribution < 1.29 is 14.3 Å². The highest BCUT2D eigenvalue weighted by Crippen LogP contribution is 2.33. The molecule has 142 valence electrons. The van der Waals surface area contributed by atoms with Crippen LogP contribution in [0.15, 0.2) is 48.5 Å². The summed E-state index contributed by atoms with van der Waals surface area (Å²) in [7, 11) is 0. The Labute approximate surface area is 163 Å². The zero-order valence-electron chi connectivity index (χ0n) is 15.7. The van der Waals surface area contributed by atoms with Crippen LogP contribution < -0.4 is 9.47 Å². The van der Waals surface area contributed by atoms with Crippen LogP contribution >= 0.6 is 0 Å². The second-order valence-corrected chi connectivity index (χ2v) is 7.19. The van der Waals surface area contributed by atoms with Crippen LogP contribution in [0.4, 0.5) is 0 Å². The van der Waals surface area contributed by atoms with Crippen molar-refractivity contribution in [2.45, 2.75) is 19.4 Å². The van der Waals surface area contributed by atoms with Gasteiger partial charge >= 0.3 is 0 Å². The molecule has 28 heavy (non-hydrogen) atoms. The van der Waals surface area contributed by atoms with Gasteiger partial charge in [0.1, 0.15) is 5.82 Å². The van der Waals surface area contributed by atoms with E-state index in [0.717, 1.165) is 46.9 Å². The fourth-order valence-corrected chi connectivity index (χ4v) is 4.07. The number of carbonyl (C=O) groups excluding carboxylic acids is 1. The Kier molecular flexibility index (Phi) is 4.04. The number of hydrogen-bond acceptors (Lipinski definition) is 4. The number of amides is 1. The van der Waals surface area contributed by atoms with Crippen LogP contribution in [-0.2, 0) is 4.79 Å². The molecule has 1 atom stereocenters. The Hall–Kier alpha value is -3.28. The van der Waals surface area contributed by atoms with E-state index in [9.17, 15) is 4.79 Å². The minimum Gasteiger partial charge on any atom is -0.454 e. The lowest BCUT2D eigenvalue weighted by Gasteiger charge is -2.17. The number of rotatable bonds is 3. The summed E-state index contributed by atoms with van der Waals surface area (Å²) in [5.74, 6) is 2.49. The molecule has 2 aliphatic heterocycles. The molecule has 1 fully saturated rings. The summed E-state index contributed by atoms with van der Waals surface area (Å²) in [5, 5.41) is 0. The Morgan fingerprint density at radius 1 is 1.18 bits per heavy atom. The number of fused-ring (bicyclic) bond motifs is 2. The predicted molar refractivity (Wildman–Crippen MR) is 106 cm³/mol. The number of ether oxygens (including phenoxy) is 2. The summed E-state index contributed by atoms with van der Waals surface area (Å²) >= 11 is 0. The predicted octanol–water partition coefficient (Wildman–Crippen LogP) is 3.56. The third kappa shape index (κ3) is 2.91. The van der Waals surface area contributed by atoms with Crippen LogP contribution in [-0.4, -0.2) is 40.2 Å². The summed E-state index contributed by atoms with van der Waals surface area (Å²) in [6, 6.07) is 14.1. The van der Waals surface area contributed by atoms with Gasteiger partial charge in [-0.1, -0.05) is 18.2 Å². The van der Waals surface area contributed by atoms with Crippen molar-refractivity contribution in [3.8, 4) is 11.5 Å². The van der Waals surface area contributed by atoms with Crippen LogP contribution in [0.1, 0.15) is 23.9 Å². The van der Waals surface area contributed by atoms with Crippen molar-refractivity contribution in [1.29, 1.82) is 0 Å². The number of aryl methyl sites for hydroxylation is 1. The number of aromatic nitrogens is 2. The van der Waals surface area contributed by atoms with Crippen LogP contribution in [0, 0.1) is 6.92 Å². The Balaban J connectivity index is 1.30. The van der Waals surface area contributed by atoms with Crippen molar-refractivity contribution in [3.63, 3.8) is 0 Å². The molecule has 0 N–H and O–H groups in total. The van der Waals surface area contributed by atoms with E-state index in [1.807, 2.05) is 54.3 Å². The third-order valence-electron chi connectivity index (χ3n) is 5.43. The molecule has 1 amide bonds. The maximum atomic E-state index is 12.7. The van der Waals surface area contributed by atoms with Crippen molar-refractivity contribution in [3.05, 3.63) is 59.9 Å². The Bertz CT molecular complexity index is 1090. The van der Waals surface area contributed by atoms with E-state index in [1.165, 1.54) is 0 Å². The minimum absolute atomic E-state index is 0.0299. The highest BCUT2D eigenvalue weighted by atomic mass is 16.7. The van der Waals surface area contributed by atoms with Gasteiger partial charge in [0.25, 0.3) is 0 Å². The smallest absolute Gasteiger partial charge is 0.246 e. The van der Waals surface area contributed by atoms with Gasteiger partial charge in [0.15, 0.2) is 11.5 Å². The molecule has 6 nitrogen and oxygen atoms in total. The molecule has 3 heterocycles. The van der Waals surface area contributed by atoms with Crippen LogP contribution in [0.5, 0.6) is 11.5 Å². The average Bonchev–Trinajstić information content (AvgIpc) is 3.42. The summed E-state index contributed by atoms with van der Waals surface area (Å²) in [4.78, 5) is 19.2. The molecule has 0 saturated carbocycles. The number of imidazole rings is 1. The van der Waals surface area contributed by atoms with Gasteiger partial charge in [-0.05, 0) is 49.2 Å². The van der Waals surface area contributed by atoms with Crippen LogP contribution in [0.25, 0.3) is 17.1 Å². The van der Waals surface area contributed by atoms with Crippen molar-refractivity contribution in [1.82, 2.24) is 14.5 Å². The second kappa shape index (κ2) is 6.71. The summed E-state index contributed by atoms with van der Waals surface area (Å²) in [5.41, 5.74) is 3.06. The number of carbonyl (C=O) groups is 1. The van der Waals surface area contributed by atoms with Gasteiger partial charge in [0, 0.05) is 19.2 Å². The zero-order valence-corrected chi connectivity index (χ0v) is 15.7. The molecule has 1 unspecified atom stereocenters. The average molecular weight is 375 g/mol. The molecule has 2 aromatic carbocycles. The Morgan fingerprint density at radius 2 is 2.04 bits per heavy atom. The van der Waals surface area contributed by atoms with Gasteiger partial charge in [0.2, 0.25) is 12.7 Å². The molecule has 0 radical (unpaired) electrons. The zero-order chi connectivity index (χ0) is 19.1. The van der Waals surface area contributed by atoms with Gasteiger partial charge in [-0.2, -0.15) is 0 Å². The van der Waals surface area contributed by atoms with E-state index in [-0.39, 0.29) is 18.7 Å². The highest BCUT2D eigenvalue weighted by Gasteiger charge is 2.28. The van der Waals surface area contributed by atoms with Crippen molar-refractivity contribution in [2.24, 2.45) is 0 Å². The number of nitrogens with zero attached hydrogens (tertiary/aromatic N) is 3. The fourth-order valence-electron chi connectivity index (χ4n) is 4.07. The molecule has 5 rings (SSSR count). The first-order chi connectivity index (χ1) is 13.7. The van der Waals surface area contributed by atoms with E-state index in [4.69, 9.17) is 9.47 Å². The molecule has 0 aliphatic carbocycles. The summed E-state index contributed by atoms with van der Waals surface area (Å²) in [6.45, 7) is 3.73. The number of para-hydroxylation sites is 2.